The highest BCUT2D eigenvalue weighted by Gasteiger charge is 2.23. The number of carbonyl (C=O) groups is 1. The van der Waals surface area contributed by atoms with Gasteiger partial charge in [-0.2, -0.15) is 0 Å². The molecule has 1 amide bonds. The molecule has 55 heavy (non-hydrogen) atoms. The van der Waals surface area contributed by atoms with Gasteiger partial charge in [0.05, 0.1) is 39.9 Å². The molecule has 3 unspecified atom stereocenters. The first-order valence-corrected chi connectivity index (χ1v) is 24.3. The number of phosphoric ester groups is 1. The fourth-order valence-corrected chi connectivity index (χ4v) is 7.14. The van der Waals surface area contributed by atoms with Crippen LogP contribution in [0.5, 0.6) is 0 Å². The van der Waals surface area contributed by atoms with Crippen molar-refractivity contribution in [2.75, 3.05) is 40.9 Å². The van der Waals surface area contributed by atoms with Gasteiger partial charge in [0, 0.05) is 6.42 Å². The number of quaternary nitrogens is 1. The van der Waals surface area contributed by atoms with E-state index in [9.17, 15) is 19.4 Å². The van der Waals surface area contributed by atoms with Crippen LogP contribution in [-0.4, -0.2) is 68.5 Å². The van der Waals surface area contributed by atoms with Gasteiger partial charge in [-0.05, 0) is 51.4 Å². The molecule has 0 aromatic rings. The molecule has 8 nitrogen and oxygen atoms in total. The summed E-state index contributed by atoms with van der Waals surface area (Å²) in [7, 11) is 1.25. The molecule has 324 valence electrons. The van der Waals surface area contributed by atoms with Crippen molar-refractivity contribution < 1.29 is 32.9 Å². The van der Waals surface area contributed by atoms with E-state index in [0.717, 1.165) is 64.2 Å². The van der Waals surface area contributed by atoms with E-state index < -0.39 is 20.0 Å². The van der Waals surface area contributed by atoms with E-state index >= 15 is 0 Å². The van der Waals surface area contributed by atoms with Crippen LogP contribution >= 0.6 is 7.82 Å². The lowest BCUT2D eigenvalue weighted by Gasteiger charge is -2.29. The number of unbranched alkanes of at least 4 members (excludes halogenated alkanes) is 24. The number of amides is 1. The van der Waals surface area contributed by atoms with Gasteiger partial charge in [-0.15, -0.1) is 0 Å². The second-order valence-electron chi connectivity index (χ2n) is 16.8. The second-order valence-corrected chi connectivity index (χ2v) is 18.2. The van der Waals surface area contributed by atoms with Gasteiger partial charge < -0.3 is 28.8 Å². The Kier molecular flexibility index (Phi) is 37.4. The van der Waals surface area contributed by atoms with Crippen molar-refractivity contribution in [3.8, 4) is 0 Å². The van der Waals surface area contributed by atoms with Crippen molar-refractivity contribution in [2.24, 2.45) is 0 Å². The number of nitrogens with one attached hydrogen (secondary N) is 1. The summed E-state index contributed by atoms with van der Waals surface area (Å²) in [6.07, 6.45) is 46.1. The maximum Gasteiger partial charge on any atom is 0.268 e. The number of nitrogens with zero attached hydrogens (tertiary/aromatic N) is 1. The van der Waals surface area contributed by atoms with Crippen LogP contribution in [0, 0.1) is 0 Å². The molecule has 0 saturated carbocycles. The number of phosphoric acid groups is 1. The molecule has 0 aliphatic carbocycles. The maximum atomic E-state index is 12.8. The molecule has 2 N–H and O–H groups in total. The molecule has 0 aliphatic rings. The first kappa shape index (κ1) is 53.7. The quantitative estimate of drug-likeness (QED) is 0.0276. The summed E-state index contributed by atoms with van der Waals surface area (Å²) >= 11 is 0. The molecule has 0 rings (SSSR count). The number of aliphatic hydroxyl groups excluding tert-OH is 1. The highest BCUT2D eigenvalue weighted by Crippen LogP contribution is 2.38. The molecule has 0 aromatic heterocycles. The van der Waals surface area contributed by atoms with Crippen LogP contribution in [0.25, 0.3) is 0 Å². The summed E-state index contributed by atoms with van der Waals surface area (Å²) in [5.41, 5.74) is 0. The summed E-state index contributed by atoms with van der Waals surface area (Å²) in [5, 5.41) is 13.8. The van der Waals surface area contributed by atoms with Crippen LogP contribution in [0.1, 0.15) is 200 Å². The molecular formula is C46H89N2O6P. The van der Waals surface area contributed by atoms with Gasteiger partial charge >= 0.3 is 0 Å². The van der Waals surface area contributed by atoms with Gasteiger partial charge in [0.15, 0.2) is 0 Å². The fourth-order valence-electron chi connectivity index (χ4n) is 6.42. The van der Waals surface area contributed by atoms with Crippen molar-refractivity contribution in [2.45, 2.75) is 212 Å². The zero-order valence-corrected chi connectivity index (χ0v) is 37.5. The third kappa shape index (κ3) is 40.7. The Bertz CT molecular complexity index is 995. The molecule has 3 atom stereocenters. The van der Waals surface area contributed by atoms with Gasteiger partial charge in [-0.25, -0.2) is 0 Å². The van der Waals surface area contributed by atoms with Crippen LogP contribution < -0.4 is 10.2 Å². The Morgan fingerprint density at radius 3 is 1.55 bits per heavy atom. The van der Waals surface area contributed by atoms with E-state index in [2.05, 4.69) is 43.5 Å². The number of aliphatic hydroxyl groups is 1. The van der Waals surface area contributed by atoms with Crippen molar-refractivity contribution in [3.05, 3.63) is 36.5 Å². The molecule has 0 fully saturated rings. The van der Waals surface area contributed by atoms with Crippen LogP contribution in [0.15, 0.2) is 36.5 Å². The van der Waals surface area contributed by atoms with E-state index in [1.54, 1.807) is 6.08 Å². The van der Waals surface area contributed by atoms with Gasteiger partial charge in [-0.1, -0.05) is 179 Å². The molecule has 0 aliphatic heterocycles. The molecule has 0 saturated heterocycles. The number of allylic oxidation sites excluding steroid dienone is 5. The number of rotatable bonds is 41. The van der Waals surface area contributed by atoms with Gasteiger partial charge in [0.1, 0.15) is 13.2 Å². The minimum atomic E-state index is -4.59. The lowest BCUT2D eigenvalue weighted by molar-refractivity contribution is -0.870. The number of hydrogen-bond acceptors (Lipinski definition) is 6. The smallest absolute Gasteiger partial charge is 0.268 e. The van der Waals surface area contributed by atoms with Crippen LogP contribution in [0.3, 0.4) is 0 Å². The molecule has 9 heteroatoms. The largest absolute Gasteiger partial charge is 0.756 e. The average molecular weight is 797 g/mol. The third-order valence-corrected chi connectivity index (χ3v) is 11.1. The summed E-state index contributed by atoms with van der Waals surface area (Å²) < 4.78 is 23.2. The standard InChI is InChI=1S/C46H89N2O6P/c1-6-8-10-12-14-16-18-20-22-23-24-26-27-29-31-33-35-37-39-45(49)44(43-54-55(51,52)53-42-41-48(3,4)5)47-46(50)40-38-36-34-32-30-28-25-21-19-17-15-13-11-9-7-2/h15,17,21,25,37,39,44-45,49H,6-14,16,18-20,22-24,26-36,38,40-43H2,1-5H3,(H-,47,50,51,52)/b17-15-,25-21-,39-37+. The third-order valence-electron chi connectivity index (χ3n) is 10.1. The Labute approximate surface area is 340 Å². The number of hydrogen-bond donors (Lipinski definition) is 2. The summed E-state index contributed by atoms with van der Waals surface area (Å²) in [6, 6.07) is -0.892. The topological polar surface area (TPSA) is 108 Å². The zero-order chi connectivity index (χ0) is 40.7. The van der Waals surface area contributed by atoms with Gasteiger partial charge in [-0.3, -0.25) is 9.36 Å². The van der Waals surface area contributed by atoms with Crippen LogP contribution in [-0.2, 0) is 18.4 Å². The Morgan fingerprint density at radius 1 is 0.636 bits per heavy atom. The van der Waals surface area contributed by atoms with Crippen molar-refractivity contribution in [1.82, 2.24) is 5.32 Å². The highest BCUT2D eigenvalue weighted by molar-refractivity contribution is 7.45. The summed E-state index contributed by atoms with van der Waals surface area (Å²) in [5.74, 6) is -0.212. The Morgan fingerprint density at radius 2 is 1.05 bits per heavy atom. The molecule has 0 radical (unpaired) electrons. The van der Waals surface area contributed by atoms with Gasteiger partial charge in [0.25, 0.3) is 7.82 Å². The van der Waals surface area contributed by atoms with Crippen molar-refractivity contribution in [1.29, 1.82) is 0 Å². The monoisotopic (exact) mass is 797 g/mol. The molecule has 0 spiro atoms. The zero-order valence-electron chi connectivity index (χ0n) is 36.6. The molecule has 0 heterocycles. The second kappa shape index (κ2) is 38.2. The lowest BCUT2D eigenvalue weighted by Crippen LogP contribution is -2.45. The van der Waals surface area contributed by atoms with Crippen LogP contribution in [0.2, 0.25) is 0 Å². The summed E-state index contributed by atoms with van der Waals surface area (Å²) in [6.45, 7) is 4.61. The molecule has 0 aromatic carbocycles. The minimum absolute atomic E-state index is 0.00407. The first-order valence-electron chi connectivity index (χ1n) is 22.9. The van der Waals surface area contributed by atoms with E-state index in [0.29, 0.717) is 17.4 Å². The van der Waals surface area contributed by atoms with Crippen molar-refractivity contribution in [3.63, 3.8) is 0 Å². The first-order chi connectivity index (χ1) is 26.5. The maximum absolute atomic E-state index is 12.8. The number of carbonyl (C=O) groups excluding carboxylic acids is 1. The summed E-state index contributed by atoms with van der Waals surface area (Å²) in [4.78, 5) is 25.3. The van der Waals surface area contributed by atoms with Gasteiger partial charge in [0.2, 0.25) is 5.91 Å². The Balaban J connectivity index is 4.43. The molecule has 0 bridgehead atoms. The van der Waals surface area contributed by atoms with E-state index in [-0.39, 0.29) is 19.1 Å². The Hall–Kier alpha value is -1.28. The van der Waals surface area contributed by atoms with E-state index in [1.807, 2.05) is 27.2 Å². The fraction of sp³-hybridized carbons (Fsp3) is 0.848. The highest BCUT2D eigenvalue weighted by atomic mass is 31.2. The predicted molar refractivity (Wildman–Crippen MR) is 233 cm³/mol. The average Bonchev–Trinajstić information content (AvgIpc) is 3.13. The van der Waals surface area contributed by atoms with Crippen LogP contribution in [0.4, 0.5) is 0 Å². The lowest BCUT2D eigenvalue weighted by atomic mass is 10.0. The number of likely N-dealkylation sites (N-methyl/N-ethyl adjacent to an activating group) is 1. The SMILES string of the molecule is CCCCC/C=C\C/C=C\CCCCCCCC(=O)NC(COP(=O)([O-])OCC[N+](C)(C)C)C(O)/C=C/CCCCCCCCCCCCCCCCCC. The molecular weight excluding hydrogens is 707 g/mol. The van der Waals surface area contributed by atoms with E-state index in [1.165, 1.54) is 116 Å². The van der Waals surface area contributed by atoms with E-state index in [4.69, 9.17) is 9.05 Å². The predicted octanol–water partition coefficient (Wildman–Crippen LogP) is 12.1. The minimum Gasteiger partial charge on any atom is -0.756 e. The van der Waals surface area contributed by atoms with Crippen molar-refractivity contribution >= 4 is 13.7 Å². The normalized spacial score (nSPS) is 14.7.